The van der Waals surface area contributed by atoms with E-state index in [1.54, 1.807) is 29.3 Å². The zero-order valence-corrected chi connectivity index (χ0v) is 34.9. The van der Waals surface area contributed by atoms with Gasteiger partial charge in [-0.2, -0.15) is 32.4 Å². The molecule has 2 saturated heterocycles. The minimum atomic E-state index is -0.243. The Labute approximate surface area is 347 Å². The number of nitriles is 1. The van der Waals surface area contributed by atoms with Gasteiger partial charge in [0.1, 0.15) is 11.8 Å². The van der Waals surface area contributed by atoms with Gasteiger partial charge in [-0.3, -0.25) is 24.8 Å². The molecule has 2 aliphatic carbocycles. The first-order valence-corrected chi connectivity index (χ1v) is 22.5. The largest absolute Gasteiger partial charge is 0.382 e. The first kappa shape index (κ1) is 41.3. The summed E-state index contributed by atoms with van der Waals surface area (Å²) in [6.07, 6.45) is 18.1. The van der Waals surface area contributed by atoms with Crippen LogP contribution in [-0.2, 0) is 9.59 Å². The third-order valence-electron chi connectivity index (χ3n) is 12.1. The van der Waals surface area contributed by atoms with E-state index in [4.69, 9.17) is 15.8 Å². The number of nitrogens with one attached hydrogen (secondary N) is 2. The molecule has 58 heavy (non-hydrogen) atoms. The van der Waals surface area contributed by atoms with Crippen molar-refractivity contribution in [2.24, 2.45) is 21.9 Å². The molecule has 16 heteroatoms. The Morgan fingerprint density at radius 2 is 1.74 bits per heavy atom. The lowest BCUT2D eigenvalue weighted by Gasteiger charge is -2.37. The van der Waals surface area contributed by atoms with E-state index in [-0.39, 0.29) is 23.8 Å². The zero-order chi connectivity index (χ0) is 40.4. The van der Waals surface area contributed by atoms with Gasteiger partial charge in [0.2, 0.25) is 11.8 Å². The van der Waals surface area contributed by atoms with Crippen molar-refractivity contribution in [3.05, 3.63) is 71.7 Å². The highest BCUT2D eigenvalue weighted by Gasteiger charge is 2.29. The van der Waals surface area contributed by atoms with Crippen molar-refractivity contribution in [1.29, 1.82) is 5.26 Å². The highest BCUT2D eigenvalue weighted by Crippen LogP contribution is 2.31. The van der Waals surface area contributed by atoms with Gasteiger partial charge in [0.05, 0.1) is 23.7 Å². The highest BCUT2D eigenvalue weighted by atomic mass is 32.7. The predicted molar refractivity (Wildman–Crippen MR) is 236 cm³/mol. The monoisotopic (exact) mass is 820 g/mol. The molecular weight excluding hydrogens is 768 g/mol. The van der Waals surface area contributed by atoms with Crippen LogP contribution in [0, 0.1) is 17.2 Å². The van der Waals surface area contributed by atoms with Crippen molar-refractivity contribution in [3.63, 3.8) is 0 Å². The second-order valence-corrected chi connectivity index (χ2v) is 15.7. The first-order valence-electron chi connectivity index (χ1n) is 20.4. The van der Waals surface area contributed by atoms with Gasteiger partial charge >= 0.3 is 0 Å². The Bertz CT molecular complexity index is 2150. The molecule has 2 aliphatic heterocycles. The van der Waals surface area contributed by atoms with Crippen molar-refractivity contribution in [2.75, 3.05) is 42.9 Å². The SMILES string of the molecule is N#Cc1cnc2c(cnn2-c2cc(NC3CCCC3)c(/C(C=NC3CCC(CCN4CCN(c5ccc(C6CCC(=O)NC6=O)cc5)CC4)CC3)=N/N)cn2)c1.PS. The third kappa shape index (κ3) is 9.85. The van der Waals surface area contributed by atoms with Gasteiger partial charge in [0.15, 0.2) is 11.5 Å². The van der Waals surface area contributed by atoms with E-state index < -0.39 is 0 Å². The van der Waals surface area contributed by atoms with E-state index >= 15 is 0 Å². The number of fused-ring (bicyclic) bond motifs is 1. The summed E-state index contributed by atoms with van der Waals surface area (Å²) in [6, 6.07) is 14.8. The van der Waals surface area contributed by atoms with Gasteiger partial charge in [0, 0.05) is 85.6 Å². The topological polar surface area (TPSA) is 183 Å². The number of imide groups is 1. The number of pyridine rings is 2. The van der Waals surface area contributed by atoms with E-state index in [1.807, 2.05) is 24.4 Å². The second kappa shape index (κ2) is 19.7. The standard InChI is InChI=1S/C42H50N12O2.H3PS/c43-23-29-21-31-25-48-54(41(31)47-24-29)39-22-37(49-33-3-1-2-4-33)36(26-46-39)38(51-44)27-45-32-9-5-28(6-10-32)15-16-52-17-19-53(20-18-52)34-11-7-30(8-12-34)35-13-14-40(55)50-42(35)56;1-2/h7-8,11-12,21-22,24-28,32-33,35H,1-6,9-10,13-20,44H2,(H,46,49)(H,50,55,56);2H,1H2/b45-27?,51-38+;. The molecule has 4 aliphatic rings. The summed E-state index contributed by atoms with van der Waals surface area (Å²) in [7, 11) is 2.11. The molecule has 4 fully saturated rings. The minimum Gasteiger partial charge on any atom is -0.382 e. The zero-order valence-electron chi connectivity index (χ0n) is 32.8. The molecule has 4 aromatic rings. The summed E-state index contributed by atoms with van der Waals surface area (Å²) in [5, 5.41) is 25.0. The Balaban J connectivity index is 0.00000252. The lowest BCUT2D eigenvalue weighted by atomic mass is 9.84. The van der Waals surface area contributed by atoms with Gasteiger partial charge in [-0.25, -0.2) is 9.97 Å². The number of piperidine rings is 1. The lowest BCUT2D eigenvalue weighted by Crippen LogP contribution is -2.47. The van der Waals surface area contributed by atoms with Crippen molar-refractivity contribution >= 4 is 66.8 Å². The molecule has 4 N–H and O–H groups in total. The Morgan fingerprint density at radius 3 is 2.45 bits per heavy atom. The number of amides is 2. The molecule has 1 aromatic carbocycles. The van der Waals surface area contributed by atoms with Crippen molar-refractivity contribution in [1.82, 2.24) is 30.0 Å². The van der Waals surface area contributed by atoms with Crippen LogP contribution in [0.2, 0.25) is 0 Å². The van der Waals surface area contributed by atoms with Crippen LogP contribution in [0.25, 0.3) is 16.9 Å². The fourth-order valence-electron chi connectivity index (χ4n) is 8.78. The fourth-order valence-corrected chi connectivity index (χ4v) is 8.78. The van der Waals surface area contributed by atoms with Crippen molar-refractivity contribution in [3.8, 4) is 11.9 Å². The maximum Gasteiger partial charge on any atom is 0.234 e. The van der Waals surface area contributed by atoms with E-state index in [9.17, 15) is 14.9 Å². The molecule has 0 bridgehead atoms. The summed E-state index contributed by atoms with van der Waals surface area (Å²) in [4.78, 5) is 43.1. The van der Waals surface area contributed by atoms with E-state index in [1.165, 1.54) is 37.8 Å². The number of hydrogen-bond donors (Lipinski definition) is 4. The molecule has 5 heterocycles. The molecule has 14 nitrogen and oxygen atoms in total. The normalized spacial score (nSPS) is 22.1. The molecule has 0 radical (unpaired) electrons. The van der Waals surface area contributed by atoms with Crippen molar-refractivity contribution in [2.45, 2.75) is 88.6 Å². The van der Waals surface area contributed by atoms with Gasteiger partial charge < -0.3 is 16.1 Å². The number of aliphatic imine (C=N–C) groups is 1. The number of nitrogens with zero attached hydrogens (tertiary/aromatic N) is 9. The number of carbonyl (C=O) groups is 2. The minimum absolute atomic E-state index is 0.178. The summed E-state index contributed by atoms with van der Waals surface area (Å²) in [5.74, 6) is 6.72. The van der Waals surface area contributed by atoms with Crippen LogP contribution < -0.4 is 21.4 Å². The van der Waals surface area contributed by atoms with Crippen LogP contribution in [0.1, 0.15) is 93.2 Å². The molecular formula is C42H53N12O2PS. The number of benzene rings is 1. The summed E-state index contributed by atoms with van der Waals surface area (Å²) < 4.78 is 1.69. The van der Waals surface area contributed by atoms with Crippen LogP contribution in [0.4, 0.5) is 11.4 Å². The van der Waals surface area contributed by atoms with Crippen LogP contribution in [0.15, 0.2) is 65.1 Å². The summed E-state index contributed by atoms with van der Waals surface area (Å²) in [6.45, 7) is 5.18. The molecule has 2 unspecified atom stereocenters. The van der Waals surface area contributed by atoms with Gasteiger partial charge in [-0.1, -0.05) is 33.4 Å². The highest BCUT2D eigenvalue weighted by molar-refractivity contribution is 8.31. The lowest BCUT2D eigenvalue weighted by molar-refractivity contribution is -0.134. The van der Waals surface area contributed by atoms with Gasteiger partial charge in [0.25, 0.3) is 0 Å². The van der Waals surface area contributed by atoms with Crippen molar-refractivity contribution < 1.29 is 9.59 Å². The molecule has 0 spiro atoms. The maximum absolute atomic E-state index is 12.3. The van der Waals surface area contributed by atoms with Crippen LogP contribution in [0.5, 0.6) is 0 Å². The van der Waals surface area contributed by atoms with Gasteiger partial charge in [-0.05, 0) is 87.6 Å². The van der Waals surface area contributed by atoms with E-state index in [2.05, 4.69) is 74.5 Å². The summed E-state index contributed by atoms with van der Waals surface area (Å²) in [5.41, 5.74) is 5.58. The average Bonchev–Trinajstić information content (AvgIpc) is 3.95. The predicted octanol–water partition coefficient (Wildman–Crippen LogP) is 5.77. The molecule has 2 atom stereocenters. The average molecular weight is 821 g/mol. The molecule has 304 valence electrons. The third-order valence-corrected chi connectivity index (χ3v) is 12.1. The number of rotatable bonds is 11. The Kier molecular flexibility index (Phi) is 14.0. The quantitative estimate of drug-likeness (QED) is 0.0362. The Hall–Kier alpha value is -4.90. The number of anilines is 2. The number of aromatic nitrogens is 4. The number of nitrogens with two attached hydrogens (primary N) is 1. The van der Waals surface area contributed by atoms with Crippen LogP contribution >= 0.6 is 20.7 Å². The molecule has 3 aromatic heterocycles. The number of carbonyl (C=O) groups excluding carboxylic acids is 2. The van der Waals surface area contributed by atoms with E-state index in [0.29, 0.717) is 47.5 Å². The number of hydrogen-bond acceptors (Lipinski definition) is 13. The molecule has 2 amide bonds. The van der Waals surface area contributed by atoms with Crippen LogP contribution in [0.3, 0.4) is 0 Å². The fraction of sp³-hybridized carbons (Fsp3) is 0.476. The second-order valence-electron chi connectivity index (χ2n) is 15.7. The Morgan fingerprint density at radius 1 is 0.983 bits per heavy atom. The number of thiol groups is 1. The van der Waals surface area contributed by atoms with Crippen LogP contribution in [-0.4, -0.2) is 93.2 Å². The molecule has 2 saturated carbocycles. The number of piperazine rings is 1. The first-order chi connectivity index (χ1) is 28.4. The van der Waals surface area contributed by atoms with Gasteiger partial charge in [-0.15, -0.1) is 0 Å². The van der Waals surface area contributed by atoms with E-state index in [0.717, 1.165) is 80.6 Å². The molecule has 8 rings (SSSR count). The maximum atomic E-state index is 12.3. The number of hydrazone groups is 1. The summed E-state index contributed by atoms with van der Waals surface area (Å²) >= 11 is 3.44. The smallest absolute Gasteiger partial charge is 0.234 e.